The lowest BCUT2D eigenvalue weighted by molar-refractivity contribution is -0.137. The molecule has 1 aliphatic heterocycles. The maximum atomic E-state index is 12.8. The van der Waals surface area contributed by atoms with Gasteiger partial charge in [0, 0.05) is 33.2 Å². The number of amides is 2. The molecule has 0 unspecified atom stereocenters. The number of carbonyl (C=O) groups excluding carboxylic acids is 2. The average Bonchev–Trinajstić information content (AvgIpc) is 3.16. The van der Waals surface area contributed by atoms with E-state index in [0.717, 1.165) is 24.1 Å². The largest absolute Gasteiger partial charge is 0.392 e. The predicted octanol–water partition coefficient (Wildman–Crippen LogP) is 1.96. The van der Waals surface area contributed by atoms with Crippen molar-refractivity contribution in [3.63, 3.8) is 0 Å². The van der Waals surface area contributed by atoms with Gasteiger partial charge < -0.3 is 15.3 Å². The Morgan fingerprint density at radius 1 is 1.14 bits per heavy atom. The molecule has 2 amide bonds. The summed E-state index contributed by atoms with van der Waals surface area (Å²) in [6.45, 7) is 2.46. The molecule has 0 bridgehead atoms. The van der Waals surface area contributed by atoms with E-state index in [4.69, 9.17) is 0 Å². The second-order valence-electron chi connectivity index (χ2n) is 7.57. The second-order valence-corrected chi connectivity index (χ2v) is 7.57. The third kappa shape index (κ3) is 6.14. The van der Waals surface area contributed by atoms with Crippen LogP contribution < -0.4 is 5.32 Å². The summed E-state index contributed by atoms with van der Waals surface area (Å²) in [5.74, 6) is -0.502. The summed E-state index contributed by atoms with van der Waals surface area (Å²) < 4.78 is 0. The molecule has 29 heavy (non-hydrogen) atoms. The highest BCUT2D eigenvalue weighted by Gasteiger charge is 2.28. The fraction of sp³-hybridized carbons (Fsp3) is 0.391. The number of aliphatic hydroxyl groups excluding tert-OH is 1. The van der Waals surface area contributed by atoms with Crippen LogP contribution in [0.4, 0.5) is 0 Å². The van der Waals surface area contributed by atoms with Crippen LogP contribution in [0.1, 0.15) is 30.0 Å². The Labute approximate surface area is 172 Å². The van der Waals surface area contributed by atoms with Crippen molar-refractivity contribution < 1.29 is 14.7 Å². The van der Waals surface area contributed by atoms with E-state index in [9.17, 15) is 14.7 Å². The first-order chi connectivity index (χ1) is 14.0. The molecule has 6 nitrogen and oxygen atoms in total. The molecular formula is C23H29N3O3. The number of β-amino-alcohol motifs (C(OH)–C–C–N with tert-alkyl or cyclic N) is 1. The molecule has 2 aromatic rings. The zero-order valence-electron chi connectivity index (χ0n) is 16.8. The van der Waals surface area contributed by atoms with E-state index in [1.807, 2.05) is 60.7 Å². The number of aliphatic hydroxyl groups is 1. The number of likely N-dealkylation sites (N-methyl/N-ethyl adjacent to an activating group) is 1. The molecule has 0 saturated carbocycles. The van der Waals surface area contributed by atoms with E-state index in [1.165, 1.54) is 0 Å². The van der Waals surface area contributed by atoms with E-state index in [0.29, 0.717) is 19.6 Å². The third-order valence-corrected chi connectivity index (χ3v) is 5.37. The lowest BCUT2D eigenvalue weighted by Crippen LogP contribution is -2.40. The van der Waals surface area contributed by atoms with Gasteiger partial charge in [0.15, 0.2) is 0 Å². The molecule has 154 valence electrons. The van der Waals surface area contributed by atoms with E-state index >= 15 is 0 Å². The summed E-state index contributed by atoms with van der Waals surface area (Å²) >= 11 is 0. The summed E-state index contributed by atoms with van der Waals surface area (Å²) in [4.78, 5) is 28.9. The molecule has 1 heterocycles. The lowest BCUT2D eigenvalue weighted by atomic mass is 10.0. The third-order valence-electron chi connectivity index (χ3n) is 5.37. The first-order valence-corrected chi connectivity index (χ1v) is 10.0. The van der Waals surface area contributed by atoms with E-state index in [-0.39, 0.29) is 30.4 Å². The van der Waals surface area contributed by atoms with Gasteiger partial charge in [-0.3, -0.25) is 14.5 Å². The summed E-state index contributed by atoms with van der Waals surface area (Å²) in [5, 5.41) is 12.6. The van der Waals surface area contributed by atoms with Crippen LogP contribution in [0.3, 0.4) is 0 Å². The van der Waals surface area contributed by atoms with Crippen molar-refractivity contribution in [2.45, 2.75) is 31.5 Å². The molecule has 1 fully saturated rings. The Morgan fingerprint density at radius 2 is 1.79 bits per heavy atom. The van der Waals surface area contributed by atoms with Gasteiger partial charge in [0.05, 0.1) is 12.1 Å². The van der Waals surface area contributed by atoms with Crippen LogP contribution >= 0.6 is 0 Å². The quantitative estimate of drug-likeness (QED) is 0.670. The van der Waals surface area contributed by atoms with Gasteiger partial charge in [-0.15, -0.1) is 0 Å². The minimum atomic E-state index is -0.309. The van der Waals surface area contributed by atoms with Gasteiger partial charge in [-0.1, -0.05) is 60.7 Å². The van der Waals surface area contributed by atoms with Crippen molar-refractivity contribution in [1.29, 1.82) is 0 Å². The number of hydrogen-bond acceptors (Lipinski definition) is 4. The van der Waals surface area contributed by atoms with Crippen LogP contribution in [0, 0.1) is 0 Å². The number of nitrogens with one attached hydrogen (secondary N) is 1. The molecule has 2 atom stereocenters. The van der Waals surface area contributed by atoms with Gasteiger partial charge in [0.25, 0.3) is 0 Å². The van der Waals surface area contributed by atoms with Crippen LogP contribution in [-0.2, 0) is 16.1 Å². The smallest absolute Gasteiger partial charge is 0.232 e. The number of nitrogens with zero attached hydrogens (tertiary/aromatic N) is 2. The molecule has 0 aromatic heterocycles. The van der Waals surface area contributed by atoms with Gasteiger partial charge in [0.2, 0.25) is 11.8 Å². The predicted molar refractivity (Wildman–Crippen MR) is 112 cm³/mol. The molecule has 0 radical (unpaired) electrons. The zero-order valence-corrected chi connectivity index (χ0v) is 16.8. The van der Waals surface area contributed by atoms with Crippen LogP contribution in [0.15, 0.2) is 60.7 Å². The maximum Gasteiger partial charge on any atom is 0.232 e. The van der Waals surface area contributed by atoms with E-state index in [1.54, 1.807) is 11.9 Å². The van der Waals surface area contributed by atoms with Gasteiger partial charge in [-0.25, -0.2) is 0 Å². The van der Waals surface area contributed by atoms with Crippen molar-refractivity contribution in [1.82, 2.24) is 15.1 Å². The number of benzene rings is 2. The average molecular weight is 396 g/mol. The Balaban J connectivity index is 1.60. The summed E-state index contributed by atoms with van der Waals surface area (Å²) in [7, 11) is 1.75. The zero-order chi connectivity index (χ0) is 20.6. The molecule has 2 N–H and O–H groups in total. The SMILES string of the molecule is CN(C(=O)CC(=O)NCc1ccccc1)[C@H](CN1CC[C@H](O)C1)c1ccccc1. The molecule has 0 spiro atoms. The van der Waals surface area contributed by atoms with Crippen LogP contribution in [-0.4, -0.2) is 59.5 Å². The normalized spacial score (nSPS) is 17.7. The summed E-state index contributed by atoms with van der Waals surface area (Å²) in [6, 6.07) is 19.3. The van der Waals surface area contributed by atoms with Crippen molar-refractivity contribution in [2.24, 2.45) is 0 Å². The highest BCUT2D eigenvalue weighted by Crippen LogP contribution is 2.23. The fourth-order valence-electron chi connectivity index (χ4n) is 3.64. The first-order valence-electron chi connectivity index (χ1n) is 10.0. The van der Waals surface area contributed by atoms with E-state index in [2.05, 4.69) is 10.2 Å². The van der Waals surface area contributed by atoms with Gasteiger partial charge in [0.1, 0.15) is 6.42 Å². The monoisotopic (exact) mass is 395 g/mol. The van der Waals surface area contributed by atoms with Gasteiger partial charge in [-0.2, -0.15) is 0 Å². The highest BCUT2D eigenvalue weighted by atomic mass is 16.3. The minimum Gasteiger partial charge on any atom is -0.392 e. The van der Waals surface area contributed by atoms with Crippen molar-refractivity contribution in [3.8, 4) is 0 Å². The number of carbonyl (C=O) groups is 2. The van der Waals surface area contributed by atoms with Gasteiger partial charge >= 0.3 is 0 Å². The van der Waals surface area contributed by atoms with Crippen LogP contribution in [0.2, 0.25) is 0 Å². The Morgan fingerprint density at radius 3 is 2.41 bits per heavy atom. The standard InChI is InChI=1S/C23H29N3O3/c1-25(23(29)14-22(28)24-15-18-8-4-2-5-9-18)21(19-10-6-3-7-11-19)17-26-13-12-20(27)16-26/h2-11,20-21,27H,12-17H2,1H3,(H,24,28)/t20-,21+/m0/s1. The van der Waals surface area contributed by atoms with Crippen molar-refractivity contribution in [2.75, 3.05) is 26.7 Å². The van der Waals surface area contributed by atoms with Crippen LogP contribution in [0.25, 0.3) is 0 Å². The number of hydrogen-bond donors (Lipinski definition) is 2. The second kappa shape index (κ2) is 10.2. The number of rotatable bonds is 8. The molecule has 6 heteroatoms. The molecule has 1 saturated heterocycles. The van der Waals surface area contributed by atoms with Crippen LogP contribution in [0.5, 0.6) is 0 Å². The Hall–Kier alpha value is -2.70. The Bertz CT molecular complexity index is 798. The first kappa shape index (κ1) is 21.0. The fourth-order valence-corrected chi connectivity index (χ4v) is 3.64. The maximum absolute atomic E-state index is 12.8. The molecular weight excluding hydrogens is 366 g/mol. The molecule has 3 rings (SSSR count). The van der Waals surface area contributed by atoms with E-state index < -0.39 is 0 Å². The highest BCUT2D eigenvalue weighted by molar-refractivity contribution is 5.96. The van der Waals surface area contributed by atoms with Crippen molar-refractivity contribution in [3.05, 3.63) is 71.8 Å². The molecule has 1 aliphatic rings. The topological polar surface area (TPSA) is 72.9 Å². The molecule has 0 aliphatic carbocycles. The summed E-state index contributed by atoms with van der Waals surface area (Å²) in [6.07, 6.45) is 0.257. The van der Waals surface area contributed by atoms with Gasteiger partial charge in [-0.05, 0) is 17.5 Å². The number of likely N-dealkylation sites (tertiary alicyclic amines) is 1. The minimum absolute atomic E-state index is 0.170. The molecule has 2 aromatic carbocycles. The van der Waals surface area contributed by atoms with Crippen molar-refractivity contribution >= 4 is 11.8 Å². The lowest BCUT2D eigenvalue weighted by Gasteiger charge is -2.32. The summed E-state index contributed by atoms with van der Waals surface area (Å²) in [5.41, 5.74) is 2.02. The Kier molecular flexibility index (Phi) is 7.38.